The number of anilines is 2. The molecular weight excluding hydrogens is 474 g/mol. The quantitative estimate of drug-likeness (QED) is 0.272. The SMILES string of the molecule is O=S(=O)(C=CCCc1ccccc1OCCOC1CCCCO1)N(c1ccccc1)c1ccccc1. The minimum atomic E-state index is -3.73. The summed E-state index contributed by atoms with van der Waals surface area (Å²) in [5.41, 5.74) is 2.21. The van der Waals surface area contributed by atoms with Gasteiger partial charge in [0.05, 0.1) is 18.0 Å². The Morgan fingerprint density at radius 3 is 2.19 bits per heavy atom. The van der Waals surface area contributed by atoms with Crippen molar-refractivity contribution in [1.82, 2.24) is 0 Å². The molecule has 0 aromatic heterocycles. The summed E-state index contributed by atoms with van der Waals surface area (Å²) in [6.45, 7) is 1.65. The van der Waals surface area contributed by atoms with Crippen LogP contribution in [0.5, 0.6) is 5.75 Å². The molecule has 0 N–H and O–H groups in total. The fraction of sp³-hybridized carbons (Fsp3) is 0.310. The molecule has 1 saturated heterocycles. The van der Waals surface area contributed by atoms with Crippen LogP contribution in [0.4, 0.5) is 11.4 Å². The number of benzene rings is 3. The predicted molar refractivity (Wildman–Crippen MR) is 143 cm³/mol. The van der Waals surface area contributed by atoms with Crippen LogP contribution in [0.15, 0.2) is 96.4 Å². The fourth-order valence-corrected chi connectivity index (χ4v) is 5.42. The first kappa shape index (κ1) is 25.9. The van der Waals surface area contributed by atoms with E-state index in [-0.39, 0.29) is 6.29 Å². The Balaban J connectivity index is 1.35. The molecule has 7 heteroatoms. The molecule has 0 bridgehead atoms. The van der Waals surface area contributed by atoms with Gasteiger partial charge in [0.25, 0.3) is 10.0 Å². The third kappa shape index (κ3) is 7.43. The van der Waals surface area contributed by atoms with E-state index in [1.807, 2.05) is 60.7 Å². The van der Waals surface area contributed by atoms with Crippen LogP contribution in [0.1, 0.15) is 31.2 Å². The molecule has 1 atom stereocenters. The molecule has 6 nitrogen and oxygen atoms in total. The lowest BCUT2D eigenvalue weighted by molar-refractivity contribution is -0.165. The predicted octanol–water partition coefficient (Wildman–Crippen LogP) is 6.22. The van der Waals surface area contributed by atoms with Crippen molar-refractivity contribution in [3.05, 3.63) is 102 Å². The van der Waals surface area contributed by atoms with Crippen molar-refractivity contribution < 1.29 is 22.6 Å². The highest BCUT2D eigenvalue weighted by atomic mass is 32.2. The van der Waals surface area contributed by atoms with Gasteiger partial charge in [-0.2, -0.15) is 0 Å². The zero-order chi connectivity index (χ0) is 25.1. The molecule has 1 aliphatic heterocycles. The number of nitrogens with zero attached hydrogens (tertiary/aromatic N) is 1. The van der Waals surface area contributed by atoms with Crippen LogP contribution >= 0.6 is 0 Å². The van der Waals surface area contributed by atoms with Gasteiger partial charge in [-0.15, -0.1) is 0 Å². The van der Waals surface area contributed by atoms with E-state index in [0.717, 1.165) is 37.2 Å². The number of aryl methyl sites for hydroxylation is 1. The van der Waals surface area contributed by atoms with Crippen molar-refractivity contribution >= 4 is 21.4 Å². The van der Waals surface area contributed by atoms with Crippen molar-refractivity contribution in [2.45, 2.75) is 38.4 Å². The first-order chi connectivity index (χ1) is 17.6. The molecule has 3 aromatic rings. The largest absolute Gasteiger partial charge is 0.491 e. The number of allylic oxidation sites excluding steroid dienone is 1. The maximum Gasteiger partial charge on any atom is 0.261 e. The number of sulfonamides is 1. The van der Waals surface area contributed by atoms with Gasteiger partial charge in [-0.25, -0.2) is 12.7 Å². The molecular formula is C29H33NO5S. The molecule has 36 heavy (non-hydrogen) atoms. The maximum absolute atomic E-state index is 13.3. The zero-order valence-corrected chi connectivity index (χ0v) is 21.2. The Labute approximate surface area is 214 Å². The molecule has 0 amide bonds. The number of para-hydroxylation sites is 3. The van der Waals surface area contributed by atoms with E-state index in [1.165, 1.54) is 9.71 Å². The normalized spacial score (nSPS) is 16.2. The summed E-state index contributed by atoms with van der Waals surface area (Å²) in [5.74, 6) is 0.789. The van der Waals surface area contributed by atoms with Gasteiger partial charge in [0.2, 0.25) is 0 Å². The smallest absolute Gasteiger partial charge is 0.261 e. The Morgan fingerprint density at radius 2 is 1.53 bits per heavy atom. The van der Waals surface area contributed by atoms with Crippen molar-refractivity contribution in [3.63, 3.8) is 0 Å². The second-order valence-electron chi connectivity index (χ2n) is 8.51. The molecule has 1 fully saturated rings. The van der Waals surface area contributed by atoms with Gasteiger partial charge in [0.1, 0.15) is 12.4 Å². The standard InChI is InChI=1S/C29H33NO5S/c31-36(32,30(26-15-3-1-4-16-26)27-17-5-2-6-18-27)24-12-10-14-25-13-7-8-19-28(25)33-22-23-35-29-20-9-11-21-34-29/h1-8,12-13,15-19,24,29H,9-11,14,20-23H2. The van der Waals surface area contributed by atoms with Crippen LogP contribution in [0.3, 0.4) is 0 Å². The Hall–Kier alpha value is -3.13. The second kappa shape index (κ2) is 13.3. The first-order valence-corrected chi connectivity index (χ1v) is 13.9. The minimum Gasteiger partial charge on any atom is -0.491 e. The van der Waals surface area contributed by atoms with Gasteiger partial charge in [-0.1, -0.05) is 60.7 Å². The van der Waals surface area contributed by atoms with Gasteiger partial charge in [-0.3, -0.25) is 0 Å². The summed E-state index contributed by atoms with van der Waals surface area (Å²) in [4.78, 5) is 0. The topological polar surface area (TPSA) is 65.1 Å². The van der Waals surface area contributed by atoms with Crippen LogP contribution in [-0.4, -0.2) is 34.5 Å². The molecule has 3 aromatic carbocycles. The van der Waals surface area contributed by atoms with Gasteiger partial charge in [0.15, 0.2) is 6.29 Å². The van der Waals surface area contributed by atoms with Gasteiger partial charge < -0.3 is 14.2 Å². The van der Waals surface area contributed by atoms with E-state index < -0.39 is 10.0 Å². The molecule has 0 aliphatic carbocycles. The lowest BCUT2D eigenvalue weighted by atomic mass is 10.1. The molecule has 1 unspecified atom stereocenters. The van der Waals surface area contributed by atoms with Crippen molar-refractivity contribution in [2.75, 3.05) is 24.1 Å². The van der Waals surface area contributed by atoms with Crippen molar-refractivity contribution in [2.24, 2.45) is 0 Å². The fourth-order valence-electron chi connectivity index (χ4n) is 4.08. The molecule has 0 radical (unpaired) electrons. The number of hydrogen-bond donors (Lipinski definition) is 0. The van der Waals surface area contributed by atoms with Crippen LogP contribution in [0, 0.1) is 0 Å². The summed E-state index contributed by atoms with van der Waals surface area (Å²) in [5, 5.41) is 1.29. The highest BCUT2D eigenvalue weighted by molar-refractivity contribution is 7.96. The van der Waals surface area contributed by atoms with E-state index in [0.29, 0.717) is 37.4 Å². The summed E-state index contributed by atoms with van der Waals surface area (Å²) < 4.78 is 45.2. The lowest BCUT2D eigenvalue weighted by Gasteiger charge is -2.23. The molecule has 0 spiro atoms. The lowest BCUT2D eigenvalue weighted by Crippen LogP contribution is -2.24. The first-order valence-electron chi connectivity index (χ1n) is 12.4. The number of ether oxygens (including phenoxy) is 3. The maximum atomic E-state index is 13.3. The van der Waals surface area contributed by atoms with Gasteiger partial charge in [0, 0.05) is 12.0 Å². The Morgan fingerprint density at radius 1 is 0.861 bits per heavy atom. The van der Waals surface area contributed by atoms with Gasteiger partial charge in [-0.05, 0) is 68.0 Å². The minimum absolute atomic E-state index is 0.129. The monoisotopic (exact) mass is 507 g/mol. The van der Waals surface area contributed by atoms with E-state index in [2.05, 4.69) is 0 Å². The van der Waals surface area contributed by atoms with Gasteiger partial charge >= 0.3 is 0 Å². The number of rotatable bonds is 12. The summed E-state index contributed by atoms with van der Waals surface area (Å²) in [6.07, 6.45) is 5.94. The van der Waals surface area contributed by atoms with E-state index in [1.54, 1.807) is 30.3 Å². The van der Waals surface area contributed by atoms with Crippen LogP contribution in [0.25, 0.3) is 0 Å². The average Bonchev–Trinajstić information content (AvgIpc) is 2.91. The highest BCUT2D eigenvalue weighted by Crippen LogP contribution is 2.29. The van der Waals surface area contributed by atoms with E-state index >= 15 is 0 Å². The molecule has 1 aliphatic rings. The summed E-state index contributed by atoms with van der Waals surface area (Å²) in [7, 11) is -3.73. The highest BCUT2D eigenvalue weighted by Gasteiger charge is 2.21. The van der Waals surface area contributed by atoms with Crippen LogP contribution < -0.4 is 9.04 Å². The molecule has 1 heterocycles. The third-order valence-corrected chi connectivity index (χ3v) is 7.31. The van der Waals surface area contributed by atoms with Crippen LogP contribution in [-0.2, 0) is 25.9 Å². The molecule has 0 saturated carbocycles. The molecule has 4 rings (SSSR count). The average molecular weight is 508 g/mol. The van der Waals surface area contributed by atoms with Crippen molar-refractivity contribution in [3.8, 4) is 5.75 Å². The third-order valence-electron chi connectivity index (χ3n) is 5.84. The number of hydrogen-bond acceptors (Lipinski definition) is 5. The van der Waals surface area contributed by atoms with Crippen LogP contribution in [0.2, 0.25) is 0 Å². The second-order valence-corrected chi connectivity index (χ2v) is 10.2. The molecule has 190 valence electrons. The summed E-state index contributed by atoms with van der Waals surface area (Å²) in [6, 6.07) is 26.0. The summed E-state index contributed by atoms with van der Waals surface area (Å²) >= 11 is 0. The Kier molecular flexibility index (Phi) is 9.55. The van der Waals surface area contributed by atoms with E-state index in [9.17, 15) is 8.42 Å². The Bertz CT molecular complexity index is 1150. The van der Waals surface area contributed by atoms with E-state index in [4.69, 9.17) is 14.2 Å². The van der Waals surface area contributed by atoms with Crippen molar-refractivity contribution in [1.29, 1.82) is 0 Å². The zero-order valence-electron chi connectivity index (χ0n) is 20.4.